The molecule has 1 N–H and O–H groups in total. The highest BCUT2D eigenvalue weighted by atomic mass is 79.9. The highest BCUT2D eigenvalue weighted by Gasteiger charge is 2.12. The van der Waals surface area contributed by atoms with Crippen molar-refractivity contribution in [3.05, 3.63) is 59.4 Å². The van der Waals surface area contributed by atoms with Gasteiger partial charge in [0.15, 0.2) is 6.61 Å². The highest BCUT2D eigenvalue weighted by molar-refractivity contribution is 9.11. The summed E-state index contributed by atoms with van der Waals surface area (Å²) in [5.74, 6) is 0.354. The van der Waals surface area contributed by atoms with Crippen LogP contribution in [0.15, 0.2) is 48.9 Å². The fourth-order valence-corrected chi connectivity index (χ4v) is 4.43. The summed E-state index contributed by atoms with van der Waals surface area (Å²) in [6.07, 6.45) is 1.26. The predicted molar refractivity (Wildman–Crippen MR) is 110 cm³/mol. The van der Waals surface area contributed by atoms with Crippen molar-refractivity contribution in [1.82, 2.24) is 5.43 Å². The van der Waals surface area contributed by atoms with Gasteiger partial charge in [0, 0.05) is 22.2 Å². The van der Waals surface area contributed by atoms with E-state index in [0.29, 0.717) is 26.0 Å². The Bertz CT molecular complexity index is 882. The molecular weight excluding hydrogens is 554 g/mol. The van der Waals surface area contributed by atoms with E-state index < -0.39 is 10.8 Å². The average molecular weight is 566 g/mol. The van der Waals surface area contributed by atoms with Gasteiger partial charge in [0.25, 0.3) is 11.6 Å². The molecule has 0 aliphatic rings. The van der Waals surface area contributed by atoms with E-state index in [2.05, 4.69) is 58.3 Å². The van der Waals surface area contributed by atoms with E-state index in [1.807, 2.05) is 0 Å². The first kappa shape index (κ1) is 21.3. The number of hydrogen-bond donors (Lipinski definition) is 1. The average Bonchev–Trinajstić information content (AvgIpc) is 2.60. The van der Waals surface area contributed by atoms with Crippen molar-refractivity contribution >= 4 is 65.6 Å². The van der Waals surface area contributed by atoms with Gasteiger partial charge in [-0.25, -0.2) is 5.43 Å². The first-order chi connectivity index (χ1) is 12.8. The van der Waals surface area contributed by atoms with Gasteiger partial charge in [-0.05, 0) is 50.1 Å². The van der Waals surface area contributed by atoms with Gasteiger partial charge in [-0.3, -0.25) is 14.9 Å². The van der Waals surface area contributed by atoms with Crippen molar-refractivity contribution in [3.8, 4) is 11.5 Å². The summed E-state index contributed by atoms with van der Waals surface area (Å²) in [5.41, 5.74) is 2.53. The van der Waals surface area contributed by atoms with Crippen LogP contribution in [-0.2, 0) is 4.79 Å². The molecule has 27 heavy (non-hydrogen) atoms. The molecule has 0 aromatic heterocycles. The minimum Gasteiger partial charge on any atom is -0.496 e. The number of hydrogen-bond acceptors (Lipinski definition) is 6. The Balaban J connectivity index is 2.00. The van der Waals surface area contributed by atoms with E-state index in [1.54, 1.807) is 12.1 Å². The van der Waals surface area contributed by atoms with E-state index in [-0.39, 0.29) is 12.3 Å². The number of non-ortho nitro benzene ring substituents is 1. The quantitative estimate of drug-likeness (QED) is 0.304. The summed E-state index contributed by atoms with van der Waals surface area (Å²) in [7, 11) is 1.43. The Hall–Kier alpha value is -1.98. The van der Waals surface area contributed by atoms with Crippen LogP contribution >= 0.6 is 47.8 Å². The number of ether oxygens (including phenoxy) is 2. The van der Waals surface area contributed by atoms with Gasteiger partial charge in [-0.2, -0.15) is 5.10 Å². The number of carbonyl (C=O) groups is 1. The fraction of sp³-hybridized carbons (Fsp3) is 0.125. The lowest BCUT2D eigenvalue weighted by Crippen LogP contribution is -2.24. The van der Waals surface area contributed by atoms with Crippen LogP contribution in [-0.4, -0.2) is 30.8 Å². The van der Waals surface area contributed by atoms with Gasteiger partial charge in [0.1, 0.15) is 11.5 Å². The molecule has 0 fully saturated rings. The number of nitrogens with one attached hydrogen (secondary N) is 1. The summed E-state index contributed by atoms with van der Waals surface area (Å²) in [6.45, 7) is -0.276. The number of benzene rings is 2. The number of hydrazone groups is 1. The van der Waals surface area contributed by atoms with Gasteiger partial charge in [0.05, 0.1) is 27.2 Å². The molecule has 8 nitrogen and oxygen atoms in total. The molecule has 142 valence electrons. The topological polar surface area (TPSA) is 103 Å². The Labute approximate surface area is 179 Å². The Morgan fingerprint density at radius 3 is 2.52 bits per heavy atom. The lowest BCUT2D eigenvalue weighted by molar-refractivity contribution is -0.384. The number of nitrogens with zero attached hydrogens (tertiary/aromatic N) is 2. The summed E-state index contributed by atoms with van der Waals surface area (Å²) in [4.78, 5) is 22.2. The number of rotatable bonds is 7. The molecule has 0 heterocycles. The zero-order valence-electron chi connectivity index (χ0n) is 13.7. The van der Waals surface area contributed by atoms with E-state index in [0.717, 1.165) is 4.47 Å². The van der Waals surface area contributed by atoms with Gasteiger partial charge in [-0.15, -0.1) is 0 Å². The SMILES string of the molecule is COc1ccc([N+](=O)[O-])cc1/C=N/NC(=O)COc1c(Br)cc(Br)cc1Br. The minimum absolute atomic E-state index is 0.114. The zero-order valence-corrected chi connectivity index (χ0v) is 18.5. The molecule has 0 spiro atoms. The number of nitro groups is 1. The maximum atomic E-state index is 11.9. The van der Waals surface area contributed by atoms with Gasteiger partial charge < -0.3 is 9.47 Å². The number of nitro benzene ring substituents is 1. The third-order valence-electron chi connectivity index (χ3n) is 3.13. The van der Waals surface area contributed by atoms with Crippen LogP contribution in [0.3, 0.4) is 0 Å². The van der Waals surface area contributed by atoms with Gasteiger partial charge >= 0.3 is 0 Å². The molecule has 1 amide bonds. The summed E-state index contributed by atoms with van der Waals surface area (Å²) < 4.78 is 12.8. The first-order valence-electron chi connectivity index (χ1n) is 7.23. The fourth-order valence-electron chi connectivity index (χ4n) is 1.95. The van der Waals surface area contributed by atoms with Crippen LogP contribution in [0.2, 0.25) is 0 Å². The molecule has 0 radical (unpaired) electrons. The van der Waals surface area contributed by atoms with Crippen molar-refractivity contribution in [3.63, 3.8) is 0 Å². The third kappa shape index (κ3) is 6.01. The molecule has 11 heteroatoms. The summed E-state index contributed by atoms with van der Waals surface area (Å²) in [5, 5.41) is 14.6. The van der Waals surface area contributed by atoms with Crippen LogP contribution in [0.4, 0.5) is 5.69 Å². The summed E-state index contributed by atoms with van der Waals surface area (Å²) in [6, 6.07) is 7.63. The molecule has 0 aliphatic heterocycles. The second-order valence-electron chi connectivity index (χ2n) is 4.96. The Morgan fingerprint density at radius 1 is 1.26 bits per heavy atom. The molecule has 0 unspecified atom stereocenters. The minimum atomic E-state index is -0.531. The smallest absolute Gasteiger partial charge is 0.277 e. The lowest BCUT2D eigenvalue weighted by atomic mass is 10.2. The maximum absolute atomic E-state index is 11.9. The number of methoxy groups -OCH3 is 1. The first-order valence-corrected chi connectivity index (χ1v) is 9.61. The molecular formula is C16H12Br3N3O5. The highest BCUT2D eigenvalue weighted by Crippen LogP contribution is 2.36. The zero-order chi connectivity index (χ0) is 20.0. The molecule has 0 atom stereocenters. The van der Waals surface area contributed by atoms with Crippen molar-refractivity contribution in [2.24, 2.45) is 5.10 Å². The van der Waals surface area contributed by atoms with Crippen molar-refractivity contribution in [1.29, 1.82) is 0 Å². The van der Waals surface area contributed by atoms with Crippen LogP contribution in [0, 0.1) is 10.1 Å². The Kier molecular flexibility index (Phi) is 7.75. The third-order valence-corrected chi connectivity index (χ3v) is 4.76. The molecule has 0 bridgehead atoms. The number of amides is 1. The predicted octanol–water partition coefficient (Wildman–Crippen LogP) is 4.42. The van der Waals surface area contributed by atoms with E-state index in [9.17, 15) is 14.9 Å². The molecule has 2 aromatic rings. The number of halogens is 3. The van der Waals surface area contributed by atoms with Crippen molar-refractivity contribution in [2.75, 3.05) is 13.7 Å². The van der Waals surface area contributed by atoms with Crippen molar-refractivity contribution < 1.29 is 19.2 Å². The largest absolute Gasteiger partial charge is 0.496 e. The van der Waals surface area contributed by atoms with Crippen molar-refractivity contribution in [2.45, 2.75) is 0 Å². The molecule has 0 saturated carbocycles. The monoisotopic (exact) mass is 563 g/mol. The molecule has 2 aromatic carbocycles. The molecule has 0 saturated heterocycles. The van der Waals surface area contributed by atoms with Crippen LogP contribution in [0.25, 0.3) is 0 Å². The lowest BCUT2D eigenvalue weighted by Gasteiger charge is -2.10. The second kappa shape index (κ2) is 9.81. The molecule has 2 rings (SSSR count). The van der Waals surface area contributed by atoms with E-state index in [4.69, 9.17) is 9.47 Å². The number of carbonyl (C=O) groups excluding carboxylic acids is 1. The maximum Gasteiger partial charge on any atom is 0.277 e. The second-order valence-corrected chi connectivity index (χ2v) is 7.59. The standard InChI is InChI=1S/C16H12Br3N3O5/c1-26-14-3-2-11(22(24)25)4-9(14)7-20-21-15(23)8-27-16-12(18)5-10(17)6-13(16)19/h2-7H,8H2,1H3,(H,21,23)/b20-7+. The van der Waals surface area contributed by atoms with Crippen LogP contribution in [0.5, 0.6) is 11.5 Å². The van der Waals surface area contributed by atoms with Crippen LogP contribution < -0.4 is 14.9 Å². The molecule has 0 aliphatic carbocycles. The Morgan fingerprint density at radius 2 is 1.93 bits per heavy atom. The van der Waals surface area contributed by atoms with Crippen LogP contribution in [0.1, 0.15) is 5.56 Å². The van der Waals surface area contributed by atoms with E-state index >= 15 is 0 Å². The van der Waals surface area contributed by atoms with Gasteiger partial charge in [-0.1, -0.05) is 15.9 Å². The normalized spacial score (nSPS) is 10.7. The summed E-state index contributed by atoms with van der Waals surface area (Å²) >= 11 is 10.0. The van der Waals surface area contributed by atoms with E-state index in [1.165, 1.54) is 31.5 Å². The van der Waals surface area contributed by atoms with Gasteiger partial charge in [0.2, 0.25) is 0 Å².